The van der Waals surface area contributed by atoms with Gasteiger partial charge in [0.2, 0.25) is 0 Å². The monoisotopic (exact) mass is 361 g/mol. The SMILES string of the molecule is Cc1cc(OCC(=O)NCCCN2CCNCC2)ccc1Cl.Cl. The molecule has 5 nitrogen and oxygen atoms in total. The molecule has 1 fully saturated rings. The first-order valence-electron chi connectivity index (χ1n) is 7.74. The number of aryl methyl sites for hydroxylation is 1. The Morgan fingerprint density at radius 2 is 2.13 bits per heavy atom. The number of rotatable bonds is 7. The lowest BCUT2D eigenvalue weighted by atomic mass is 10.2. The van der Waals surface area contributed by atoms with Crippen LogP contribution < -0.4 is 15.4 Å². The molecule has 0 spiro atoms. The number of piperazine rings is 1. The number of benzene rings is 1. The summed E-state index contributed by atoms with van der Waals surface area (Å²) >= 11 is 5.95. The Bertz CT molecular complexity index is 494. The highest BCUT2D eigenvalue weighted by Crippen LogP contribution is 2.20. The largest absolute Gasteiger partial charge is 0.484 e. The van der Waals surface area contributed by atoms with Crippen LogP contribution >= 0.6 is 24.0 Å². The summed E-state index contributed by atoms with van der Waals surface area (Å²) in [7, 11) is 0. The standard InChI is InChI=1S/C16H24ClN3O2.ClH/c1-13-11-14(3-4-15(13)17)22-12-16(21)19-5-2-8-20-9-6-18-7-10-20;/h3-4,11,18H,2,5-10,12H2,1H3,(H,19,21);1H. The Labute approximate surface area is 149 Å². The third-order valence-corrected chi connectivity index (χ3v) is 4.11. The zero-order chi connectivity index (χ0) is 15.8. The summed E-state index contributed by atoms with van der Waals surface area (Å²) in [5.74, 6) is 0.575. The van der Waals surface area contributed by atoms with Crippen LogP contribution in [0.1, 0.15) is 12.0 Å². The van der Waals surface area contributed by atoms with Gasteiger partial charge in [0.15, 0.2) is 6.61 Å². The summed E-state index contributed by atoms with van der Waals surface area (Å²) in [6, 6.07) is 5.38. The van der Waals surface area contributed by atoms with E-state index in [0.717, 1.165) is 44.7 Å². The molecule has 0 bridgehead atoms. The lowest BCUT2D eigenvalue weighted by Crippen LogP contribution is -2.44. The number of carbonyl (C=O) groups is 1. The van der Waals surface area contributed by atoms with Crippen molar-refractivity contribution in [3.8, 4) is 5.75 Å². The van der Waals surface area contributed by atoms with Gasteiger partial charge in [-0.3, -0.25) is 4.79 Å². The van der Waals surface area contributed by atoms with Crippen molar-refractivity contribution in [1.29, 1.82) is 0 Å². The first kappa shape index (κ1) is 20.0. The smallest absolute Gasteiger partial charge is 0.257 e. The minimum atomic E-state index is -0.0899. The second kappa shape index (κ2) is 10.7. The molecule has 0 aromatic heterocycles. The fraction of sp³-hybridized carbons (Fsp3) is 0.562. The Kier molecular flexibility index (Phi) is 9.33. The molecule has 2 N–H and O–H groups in total. The van der Waals surface area contributed by atoms with Crippen LogP contribution in [0.3, 0.4) is 0 Å². The van der Waals surface area contributed by atoms with Crippen LogP contribution in [0, 0.1) is 6.92 Å². The van der Waals surface area contributed by atoms with Gasteiger partial charge in [-0.2, -0.15) is 0 Å². The summed E-state index contributed by atoms with van der Waals surface area (Å²) < 4.78 is 5.46. The van der Waals surface area contributed by atoms with E-state index in [1.165, 1.54) is 0 Å². The van der Waals surface area contributed by atoms with Crippen LogP contribution in [0.4, 0.5) is 0 Å². The molecule has 1 aromatic rings. The second-order valence-corrected chi connectivity index (χ2v) is 5.90. The van der Waals surface area contributed by atoms with Crippen LogP contribution in [-0.4, -0.2) is 56.7 Å². The van der Waals surface area contributed by atoms with Crippen molar-refractivity contribution in [2.75, 3.05) is 45.9 Å². The van der Waals surface area contributed by atoms with Gasteiger partial charge in [-0.1, -0.05) is 11.6 Å². The van der Waals surface area contributed by atoms with Crippen molar-refractivity contribution in [2.45, 2.75) is 13.3 Å². The third-order valence-electron chi connectivity index (χ3n) is 3.68. The molecule has 130 valence electrons. The van der Waals surface area contributed by atoms with Crippen molar-refractivity contribution in [3.05, 3.63) is 28.8 Å². The van der Waals surface area contributed by atoms with E-state index in [2.05, 4.69) is 15.5 Å². The quantitative estimate of drug-likeness (QED) is 0.727. The topological polar surface area (TPSA) is 53.6 Å². The molecule has 7 heteroatoms. The van der Waals surface area contributed by atoms with Gasteiger partial charge in [0, 0.05) is 37.7 Å². The van der Waals surface area contributed by atoms with E-state index in [1.54, 1.807) is 12.1 Å². The molecule has 1 aliphatic rings. The van der Waals surface area contributed by atoms with Gasteiger partial charge in [-0.25, -0.2) is 0 Å². The van der Waals surface area contributed by atoms with Crippen molar-refractivity contribution in [1.82, 2.24) is 15.5 Å². The summed E-state index contributed by atoms with van der Waals surface area (Å²) in [5, 5.41) is 6.91. The molecule has 0 radical (unpaired) electrons. The summed E-state index contributed by atoms with van der Waals surface area (Å²) in [5.41, 5.74) is 0.940. The lowest BCUT2D eigenvalue weighted by molar-refractivity contribution is -0.123. The van der Waals surface area contributed by atoms with Crippen molar-refractivity contribution < 1.29 is 9.53 Å². The average Bonchev–Trinajstić information content (AvgIpc) is 2.54. The Hall–Kier alpha value is -1.01. The van der Waals surface area contributed by atoms with Crippen LogP contribution in [0.2, 0.25) is 5.02 Å². The normalized spacial score (nSPS) is 14.9. The molecule has 0 atom stereocenters. The molecule has 1 amide bonds. The highest BCUT2D eigenvalue weighted by Gasteiger charge is 2.09. The van der Waals surface area contributed by atoms with E-state index in [1.807, 2.05) is 13.0 Å². The van der Waals surface area contributed by atoms with Gasteiger partial charge >= 0.3 is 0 Å². The second-order valence-electron chi connectivity index (χ2n) is 5.49. The Balaban J connectivity index is 0.00000264. The molecule has 1 saturated heterocycles. The van der Waals surface area contributed by atoms with Crippen LogP contribution in [-0.2, 0) is 4.79 Å². The minimum absolute atomic E-state index is 0. The van der Waals surface area contributed by atoms with E-state index in [-0.39, 0.29) is 24.9 Å². The van der Waals surface area contributed by atoms with Crippen molar-refractivity contribution in [2.24, 2.45) is 0 Å². The van der Waals surface area contributed by atoms with Gasteiger partial charge in [0.1, 0.15) is 5.75 Å². The van der Waals surface area contributed by atoms with Crippen LogP contribution in [0.25, 0.3) is 0 Å². The zero-order valence-corrected chi connectivity index (χ0v) is 15.0. The molecule has 1 heterocycles. The van der Waals surface area contributed by atoms with Gasteiger partial charge in [-0.15, -0.1) is 12.4 Å². The van der Waals surface area contributed by atoms with Gasteiger partial charge in [0.25, 0.3) is 5.91 Å². The van der Waals surface area contributed by atoms with E-state index < -0.39 is 0 Å². The molecule has 0 aliphatic carbocycles. The summed E-state index contributed by atoms with van der Waals surface area (Å²) in [6.45, 7) is 7.95. The summed E-state index contributed by atoms with van der Waals surface area (Å²) in [4.78, 5) is 14.1. The zero-order valence-electron chi connectivity index (χ0n) is 13.4. The number of hydrogen-bond acceptors (Lipinski definition) is 4. The molecule has 0 unspecified atom stereocenters. The number of halogens is 2. The van der Waals surface area contributed by atoms with Crippen LogP contribution in [0.5, 0.6) is 5.75 Å². The molecule has 0 saturated carbocycles. The maximum atomic E-state index is 11.7. The number of amides is 1. The van der Waals surface area contributed by atoms with Gasteiger partial charge < -0.3 is 20.3 Å². The maximum absolute atomic E-state index is 11.7. The fourth-order valence-electron chi connectivity index (χ4n) is 2.37. The van der Waals surface area contributed by atoms with E-state index >= 15 is 0 Å². The first-order chi connectivity index (χ1) is 10.6. The minimum Gasteiger partial charge on any atom is -0.484 e. The predicted octanol–water partition coefficient (Wildman–Crippen LogP) is 1.86. The van der Waals surface area contributed by atoms with Crippen molar-refractivity contribution >= 4 is 29.9 Å². The Morgan fingerprint density at radius 3 is 2.83 bits per heavy atom. The number of hydrogen-bond donors (Lipinski definition) is 2. The predicted molar refractivity (Wildman–Crippen MR) is 95.9 cm³/mol. The van der Waals surface area contributed by atoms with Gasteiger partial charge in [0.05, 0.1) is 0 Å². The summed E-state index contributed by atoms with van der Waals surface area (Å²) in [6.07, 6.45) is 0.964. The number of nitrogens with zero attached hydrogens (tertiary/aromatic N) is 1. The maximum Gasteiger partial charge on any atom is 0.257 e. The molecule has 1 aromatic carbocycles. The Morgan fingerprint density at radius 1 is 1.39 bits per heavy atom. The highest BCUT2D eigenvalue weighted by atomic mass is 35.5. The number of ether oxygens (including phenoxy) is 1. The molecular formula is C16H25Cl2N3O2. The number of carbonyl (C=O) groups excluding carboxylic acids is 1. The molecular weight excluding hydrogens is 337 g/mol. The first-order valence-corrected chi connectivity index (χ1v) is 8.11. The van der Waals surface area contributed by atoms with Gasteiger partial charge in [-0.05, 0) is 43.7 Å². The third kappa shape index (κ3) is 7.40. The molecule has 2 rings (SSSR count). The highest BCUT2D eigenvalue weighted by molar-refractivity contribution is 6.31. The lowest BCUT2D eigenvalue weighted by Gasteiger charge is -2.27. The molecule has 23 heavy (non-hydrogen) atoms. The molecule has 1 aliphatic heterocycles. The number of nitrogens with one attached hydrogen (secondary N) is 2. The van der Waals surface area contributed by atoms with E-state index in [9.17, 15) is 4.79 Å². The van der Waals surface area contributed by atoms with E-state index in [0.29, 0.717) is 17.3 Å². The van der Waals surface area contributed by atoms with Crippen LogP contribution in [0.15, 0.2) is 18.2 Å². The van der Waals surface area contributed by atoms with Crippen molar-refractivity contribution in [3.63, 3.8) is 0 Å². The average molecular weight is 362 g/mol. The fourth-order valence-corrected chi connectivity index (χ4v) is 2.49. The van der Waals surface area contributed by atoms with E-state index in [4.69, 9.17) is 16.3 Å².